The number of hydrogen-bond donors (Lipinski definition) is 3. The number of ether oxygens (including phenoxy) is 4. The van der Waals surface area contributed by atoms with Crippen LogP contribution in [0.15, 0.2) is 77.0 Å². The van der Waals surface area contributed by atoms with Crippen LogP contribution < -0.4 is 20.1 Å². The minimum atomic E-state index is -4.77. The first-order valence-electron chi connectivity index (χ1n) is 25.3. The molecule has 5 amide bonds. The molecule has 2 aliphatic heterocycles. The normalized spacial score (nSPS) is 16.8. The van der Waals surface area contributed by atoms with Gasteiger partial charge in [-0.05, 0) is 133 Å². The summed E-state index contributed by atoms with van der Waals surface area (Å²) in [5.41, 5.74) is 1.74. The second-order valence-corrected chi connectivity index (χ2v) is 21.6. The number of amides is 5. The number of aliphatic hydroxyl groups excluding tert-OH is 1. The third-order valence-electron chi connectivity index (χ3n) is 12.8. The van der Waals surface area contributed by atoms with E-state index in [2.05, 4.69) is 29.0 Å². The van der Waals surface area contributed by atoms with Crippen molar-refractivity contribution < 1.29 is 61.2 Å². The van der Waals surface area contributed by atoms with E-state index in [0.717, 1.165) is 54.6 Å². The Morgan fingerprint density at radius 3 is 2.18 bits per heavy atom. The number of nitriles is 1. The van der Waals surface area contributed by atoms with E-state index < -0.39 is 58.1 Å². The van der Waals surface area contributed by atoms with Gasteiger partial charge in [0.05, 0.1) is 35.3 Å². The predicted molar refractivity (Wildman–Crippen MR) is 284 cm³/mol. The van der Waals surface area contributed by atoms with E-state index in [4.69, 9.17) is 24.2 Å². The first-order valence-corrected chi connectivity index (χ1v) is 27.0. The van der Waals surface area contributed by atoms with Gasteiger partial charge in [0.1, 0.15) is 17.8 Å². The van der Waals surface area contributed by atoms with Gasteiger partial charge in [-0.1, -0.05) is 57.5 Å². The van der Waals surface area contributed by atoms with Crippen LogP contribution in [0.25, 0.3) is 16.5 Å². The van der Waals surface area contributed by atoms with Gasteiger partial charge in [0.15, 0.2) is 11.5 Å². The van der Waals surface area contributed by atoms with Crippen molar-refractivity contribution in [2.45, 2.75) is 116 Å². The number of benzene rings is 3. The molecular weight excluding hydrogens is 1020 g/mol. The second kappa shape index (κ2) is 27.7. The first-order chi connectivity index (χ1) is 36.3. The average molecular weight is 1090 g/mol. The lowest BCUT2D eigenvalue weighted by atomic mass is 9.85. The highest BCUT2D eigenvalue weighted by molar-refractivity contribution is 8.18. The first kappa shape index (κ1) is 59.0. The van der Waals surface area contributed by atoms with Gasteiger partial charge in [-0.2, -0.15) is 18.4 Å². The van der Waals surface area contributed by atoms with Crippen molar-refractivity contribution in [3.63, 3.8) is 0 Å². The van der Waals surface area contributed by atoms with Crippen molar-refractivity contribution in [3.8, 4) is 33.8 Å². The van der Waals surface area contributed by atoms with Crippen LogP contribution >= 0.6 is 23.1 Å². The quantitative estimate of drug-likeness (QED) is 0.0398. The summed E-state index contributed by atoms with van der Waals surface area (Å²) >= 11 is 2.47. The number of aryl methyl sites for hydroxylation is 1. The number of unbranched alkanes of at least 4 members (excludes halogenated alkanes) is 4. The highest BCUT2D eigenvalue weighted by atomic mass is 32.2. The standard InChI is InChI=1S/C56H66F3N5O10S2/c1-36-22-28-75-49(36)40-18-14-37(15-19-40)34-61-51(67)43-32-41(65)35-64(43)53(69)50(55(2,3)4)62-48(66)13-7-6-9-24-72-26-11-12-27-73-25-10-8-23-63-52(68)47(76-54(63)70)31-38-16-21-45(46(30-38)71-5)74-44-20-17-39(33-60)29-42(44)56(57,58)59/h14-22,28-31,41,43,50,65H,6-13,23-27,32,34-35H2,1-5H3,(H,61,67)(H,62,66)/b47-31-/t41-,43+,50-/m1/s1. The van der Waals surface area contributed by atoms with Crippen LogP contribution in [0.2, 0.25) is 0 Å². The number of thioether (sulfide) groups is 1. The molecule has 20 heteroatoms. The number of aliphatic hydroxyl groups is 1. The maximum Gasteiger partial charge on any atom is 0.420 e. The van der Waals surface area contributed by atoms with Crippen molar-refractivity contribution in [2.75, 3.05) is 46.6 Å². The zero-order chi connectivity index (χ0) is 55.0. The zero-order valence-corrected chi connectivity index (χ0v) is 45.1. The monoisotopic (exact) mass is 1090 g/mol. The Hall–Kier alpha value is -6.24. The van der Waals surface area contributed by atoms with Gasteiger partial charge in [0.2, 0.25) is 17.7 Å². The molecule has 0 saturated carbocycles. The van der Waals surface area contributed by atoms with Crippen molar-refractivity contribution >= 4 is 58.0 Å². The molecule has 2 saturated heterocycles. The van der Waals surface area contributed by atoms with Crippen LogP contribution in [-0.4, -0.2) is 109 Å². The van der Waals surface area contributed by atoms with Crippen molar-refractivity contribution in [1.82, 2.24) is 20.4 Å². The van der Waals surface area contributed by atoms with Crippen LogP contribution in [0, 0.1) is 23.7 Å². The topological polar surface area (TPSA) is 197 Å². The number of rotatable bonds is 26. The molecule has 0 spiro atoms. The van der Waals surface area contributed by atoms with Gasteiger partial charge < -0.3 is 39.6 Å². The third-order valence-corrected chi connectivity index (χ3v) is 14.7. The molecule has 1 aromatic heterocycles. The molecule has 0 aliphatic carbocycles. The van der Waals surface area contributed by atoms with Crippen LogP contribution in [-0.2, 0) is 41.4 Å². The number of carbonyl (C=O) groups is 5. The van der Waals surface area contributed by atoms with Gasteiger partial charge >= 0.3 is 6.18 Å². The van der Waals surface area contributed by atoms with E-state index in [9.17, 15) is 42.3 Å². The smallest absolute Gasteiger partial charge is 0.420 e. The van der Waals surface area contributed by atoms with Crippen LogP contribution in [0.1, 0.15) is 106 Å². The lowest BCUT2D eigenvalue weighted by Crippen LogP contribution is -2.57. The van der Waals surface area contributed by atoms with Gasteiger partial charge in [-0.25, -0.2) is 0 Å². The van der Waals surface area contributed by atoms with Crippen molar-refractivity contribution in [2.24, 2.45) is 5.41 Å². The van der Waals surface area contributed by atoms with E-state index in [1.54, 1.807) is 17.4 Å². The van der Waals surface area contributed by atoms with E-state index in [-0.39, 0.29) is 66.3 Å². The molecular formula is C56H66F3N5O10S2. The van der Waals surface area contributed by atoms with E-state index >= 15 is 0 Å². The summed E-state index contributed by atoms with van der Waals surface area (Å²) in [6.07, 6.45) is 1.10. The Labute approximate surface area is 450 Å². The average Bonchev–Trinajstić information content (AvgIpc) is 4.08. The zero-order valence-electron chi connectivity index (χ0n) is 43.5. The Morgan fingerprint density at radius 1 is 0.882 bits per heavy atom. The van der Waals surface area contributed by atoms with Crippen LogP contribution in [0.5, 0.6) is 17.2 Å². The summed E-state index contributed by atoms with van der Waals surface area (Å²) in [6, 6.07) is 17.4. The number of thiophene rings is 1. The third kappa shape index (κ3) is 16.6. The Kier molecular flexibility index (Phi) is 21.5. The molecule has 15 nitrogen and oxygen atoms in total. The molecule has 4 aromatic rings. The van der Waals surface area contributed by atoms with Crippen molar-refractivity contribution in [1.29, 1.82) is 5.26 Å². The summed E-state index contributed by atoms with van der Waals surface area (Å²) in [5.74, 6) is -1.91. The molecule has 2 aliphatic rings. The Bertz CT molecular complexity index is 2740. The molecule has 3 N–H and O–H groups in total. The highest BCUT2D eigenvalue weighted by Gasteiger charge is 2.44. The van der Waals surface area contributed by atoms with Gasteiger partial charge in [0, 0.05) is 63.8 Å². The minimum Gasteiger partial charge on any atom is -0.493 e. The summed E-state index contributed by atoms with van der Waals surface area (Å²) in [4.78, 5) is 70.4. The lowest BCUT2D eigenvalue weighted by molar-refractivity contribution is -0.144. The largest absolute Gasteiger partial charge is 0.493 e. The van der Waals surface area contributed by atoms with E-state index in [0.29, 0.717) is 57.3 Å². The molecule has 3 atom stereocenters. The number of nitrogens with zero attached hydrogens (tertiary/aromatic N) is 3. The fourth-order valence-electron chi connectivity index (χ4n) is 8.59. The fraction of sp³-hybridized carbons (Fsp3) is 0.464. The van der Waals surface area contributed by atoms with Gasteiger partial charge in [-0.15, -0.1) is 11.3 Å². The van der Waals surface area contributed by atoms with E-state index in [1.165, 1.54) is 57.7 Å². The number of methoxy groups -OCH3 is 1. The van der Waals surface area contributed by atoms with Crippen LogP contribution in [0.4, 0.5) is 18.0 Å². The molecule has 6 rings (SSSR count). The summed E-state index contributed by atoms with van der Waals surface area (Å²) < 4.78 is 63.5. The molecule has 3 aromatic carbocycles. The fourth-order valence-corrected chi connectivity index (χ4v) is 10.4. The number of halogens is 3. The second-order valence-electron chi connectivity index (χ2n) is 19.7. The lowest BCUT2D eigenvalue weighted by Gasteiger charge is -2.35. The Morgan fingerprint density at radius 2 is 1.55 bits per heavy atom. The maximum absolute atomic E-state index is 14.0. The summed E-state index contributed by atoms with van der Waals surface area (Å²) in [7, 11) is 1.32. The summed E-state index contributed by atoms with van der Waals surface area (Å²) in [5, 5.41) is 27.1. The number of carbonyl (C=O) groups excluding carboxylic acids is 5. The number of nitrogens with one attached hydrogen (secondary N) is 2. The minimum absolute atomic E-state index is 0.00374. The molecule has 3 heterocycles. The summed E-state index contributed by atoms with van der Waals surface area (Å²) in [6.45, 7) is 10.2. The molecule has 0 bridgehead atoms. The number of hydrogen-bond acceptors (Lipinski definition) is 13. The van der Waals surface area contributed by atoms with Crippen molar-refractivity contribution in [3.05, 3.63) is 105 Å². The molecule has 0 unspecified atom stereocenters. The molecule has 2 fully saturated rings. The van der Waals surface area contributed by atoms with Crippen LogP contribution in [0.3, 0.4) is 0 Å². The van der Waals surface area contributed by atoms with Gasteiger partial charge in [0.25, 0.3) is 11.1 Å². The SMILES string of the molecule is COc1cc(/C=C2\SC(=O)N(CCCCOCCCCOCCCCCC(=O)N[C@H](C(=O)N3C[C@H](O)C[C@H]3C(=O)NCc3ccc(-c4sccc4C)cc3)C(C)(C)C)C2=O)ccc1Oc1ccc(C#N)cc1C(F)(F)F. The highest BCUT2D eigenvalue weighted by Crippen LogP contribution is 2.42. The molecule has 408 valence electrons. The predicted octanol–water partition coefficient (Wildman–Crippen LogP) is 10.4. The molecule has 76 heavy (non-hydrogen) atoms. The van der Waals surface area contributed by atoms with Gasteiger partial charge in [-0.3, -0.25) is 28.9 Å². The number of alkyl halides is 3. The Balaban J connectivity index is 0.808. The number of imide groups is 1. The van der Waals surface area contributed by atoms with E-state index in [1.807, 2.05) is 45.0 Å². The number of likely N-dealkylation sites (tertiary alicyclic amines) is 1. The maximum atomic E-state index is 14.0. The number of β-amino-alcohol motifs (C(OH)–C–C–N with tert-alkyl or cyclic N) is 1. The molecule has 0 radical (unpaired) electrons.